The molecule has 16 heteroatoms. The number of nitriles is 1. The Hall–Kier alpha value is -4.65. The van der Waals surface area contributed by atoms with Crippen molar-refractivity contribution in [1.29, 1.82) is 5.26 Å². The van der Waals surface area contributed by atoms with E-state index in [1.54, 1.807) is 37.8 Å². The molecule has 13 nitrogen and oxygen atoms in total. The minimum Gasteiger partial charge on any atom is -0.444 e. The van der Waals surface area contributed by atoms with Crippen LogP contribution in [0.25, 0.3) is 0 Å². The maximum Gasteiger partial charge on any atom is 0.451 e. The van der Waals surface area contributed by atoms with Crippen molar-refractivity contribution in [3.8, 4) is 6.07 Å². The fraction of sp³-hybridized carbons (Fsp3) is 0.611. The van der Waals surface area contributed by atoms with Crippen LogP contribution in [0.5, 0.6) is 0 Å². The lowest BCUT2D eigenvalue weighted by molar-refractivity contribution is -0.144. The molecule has 2 fully saturated rings. The average molecular weight is 731 g/mol. The number of halogens is 3. The second kappa shape index (κ2) is 18.7. The number of hydrogen-bond donors (Lipinski definition) is 3. The van der Waals surface area contributed by atoms with Crippen molar-refractivity contribution >= 4 is 29.5 Å². The summed E-state index contributed by atoms with van der Waals surface area (Å²) in [7, 11) is 0. The van der Waals surface area contributed by atoms with Crippen LogP contribution in [0.15, 0.2) is 30.3 Å². The summed E-state index contributed by atoms with van der Waals surface area (Å²) in [5, 5.41) is 17.2. The van der Waals surface area contributed by atoms with E-state index < -0.39 is 29.7 Å². The number of amides is 3. The molecule has 0 radical (unpaired) electrons. The number of carbonyl (C=O) groups excluding carboxylic acids is 3. The van der Waals surface area contributed by atoms with Crippen LogP contribution in [0.4, 0.5) is 29.6 Å². The third-order valence-electron chi connectivity index (χ3n) is 8.80. The predicted octanol–water partition coefficient (Wildman–Crippen LogP) is 4.35. The summed E-state index contributed by atoms with van der Waals surface area (Å²) in [6.07, 6.45) is -0.827. The van der Waals surface area contributed by atoms with Gasteiger partial charge in [-0.2, -0.15) is 18.4 Å². The first-order valence-corrected chi connectivity index (χ1v) is 17.8. The zero-order chi connectivity index (χ0) is 37.7. The van der Waals surface area contributed by atoms with Gasteiger partial charge < -0.3 is 35.2 Å². The van der Waals surface area contributed by atoms with Crippen molar-refractivity contribution in [1.82, 2.24) is 25.9 Å². The number of rotatable bonds is 16. The largest absolute Gasteiger partial charge is 0.451 e. The first kappa shape index (κ1) is 40.1. The first-order valence-electron chi connectivity index (χ1n) is 17.8. The third kappa shape index (κ3) is 12.8. The number of benzene rings is 1. The molecular weight excluding hydrogens is 681 g/mol. The molecule has 0 saturated carbocycles. The van der Waals surface area contributed by atoms with E-state index >= 15 is 0 Å². The Morgan fingerprint density at radius 1 is 0.923 bits per heavy atom. The summed E-state index contributed by atoms with van der Waals surface area (Å²) in [4.78, 5) is 48.0. The number of anilines is 2. The molecule has 4 rings (SSSR count). The van der Waals surface area contributed by atoms with Gasteiger partial charge in [0.05, 0.1) is 24.8 Å². The normalized spacial score (nSPS) is 16.4. The zero-order valence-electron chi connectivity index (χ0n) is 30.1. The van der Waals surface area contributed by atoms with Crippen molar-refractivity contribution in [3.05, 3.63) is 47.3 Å². The van der Waals surface area contributed by atoms with Gasteiger partial charge in [-0.05, 0) is 82.9 Å². The molecule has 2 aromatic rings. The molecule has 3 N–H and O–H groups in total. The van der Waals surface area contributed by atoms with Gasteiger partial charge in [0.15, 0.2) is 0 Å². The van der Waals surface area contributed by atoms with E-state index in [2.05, 4.69) is 32.0 Å². The van der Waals surface area contributed by atoms with Gasteiger partial charge in [-0.3, -0.25) is 9.59 Å². The van der Waals surface area contributed by atoms with E-state index in [4.69, 9.17) is 14.7 Å². The van der Waals surface area contributed by atoms with Crippen LogP contribution < -0.4 is 25.8 Å². The Bertz CT molecular complexity index is 1540. The highest BCUT2D eigenvalue weighted by Gasteiger charge is 2.40. The highest BCUT2D eigenvalue weighted by Crippen LogP contribution is 2.34. The predicted molar refractivity (Wildman–Crippen MR) is 188 cm³/mol. The Balaban J connectivity index is 1.17. The summed E-state index contributed by atoms with van der Waals surface area (Å²) in [6.45, 7) is 8.39. The molecule has 0 bridgehead atoms. The standard InChI is InChI=1S/C36H49F3N8O5/c1-35(2,3)52-34(50)43-17-22-51-21-16-41-31(48)6-4-5-25-12-18-46(19-13-25)29-23-30(45-33(44-29)36(37,38)39)47-20-14-28(47)32(49)42-15-11-26-7-9-27(24-40)10-8-26/h7-10,23,25,28H,4-6,11-22H2,1-3H3,(H,41,48)(H,42,49)(H,43,50)/t28-/m0/s1. The summed E-state index contributed by atoms with van der Waals surface area (Å²) >= 11 is 0. The number of carbonyl (C=O) groups is 3. The van der Waals surface area contributed by atoms with Crippen molar-refractivity contribution in [2.75, 3.05) is 62.3 Å². The highest BCUT2D eigenvalue weighted by molar-refractivity contribution is 5.86. The van der Waals surface area contributed by atoms with E-state index in [0.29, 0.717) is 89.6 Å². The lowest BCUT2D eigenvalue weighted by Gasteiger charge is -2.41. The van der Waals surface area contributed by atoms with Crippen LogP contribution in [-0.4, -0.2) is 92.0 Å². The molecule has 3 amide bonds. The van der Waals surface area contributed by atoms with Crippen LogP contribution in [0.3, 0.4) is 0 Å². The number of aromatic nitrogens is 2. The van der Waals surface area contributed by atoms with Gasteiger partial charge in [-0.1, -0.05) is 12.1 Å². The number of nitrogens with zero attached hydrogens (tertiary/aromatic N) is 5. The molecule has 2 saturated heterocycles. The molecule has 0 spiro atoms. The molecule has 2 aliphatic heterocycles. The van der Waals surface area contributed by atoms with Gasteiger partial charge in [0.2, 0.25) is 17.6 Å². The first-order chi connectivity index (χ1) is 24.7. The Labute approximate surface area is 302 Å². The fourth-order valence-electron chi connectivity index (χ4n) is 5.98. The van der Waals surface area contributed by atoms with Crippen LogP contribution in [0.2, 0.25) is 0 Å². The van der Waals surface area contributed by atoms with Crippen LogP contribution in [-0.2, 0) is 31.7 Å². The van der Waals surface area contributed by atoms with Gasteiger partial charge in [-0.15, -0.1) is 0 Å². The topological polar surface area (TPSA) is 162 Å². The second-order valence-electron chi connectivity index (χ2n) is 14.0. The smallest absolute Gasteiger partial charge is 0.444 e. The average Bonchev–Trinajstić information content (AvgIpc) is 3.06. The fourth-order valence-corrected chi connectivity index (χ4v) is 5.98. The van der Waals surface area contributed by atoms with Gasteiger partial charge in [-0.25, -0.2) is 14.8 Å². The maximum absolute atomic E-state index is 13.9. The Morgan fingerprint density at radius 2 is 1.60 bits per heavy atom. The summed E-state index contributed by atoms with van der Waals surface area (Å²) in [5.74, 6) is -0.993. The summed E-state index contributed by atoms with van der Waals surface area (Å²) in [5.41, 5.74) is 0.930. The van der Waals surface area contributed by atoms with Crippen LogP contribution in [0.1, 0.15) is 76.2 Å². The number of alkyl halides is 3. The lowest BCUT2D eigenvalue weighted by atomic mass is 9.91. The van der Waals surface area contributed by atoms with E-state index in [0.717, 1.165) is 24.8 Å². The molecule has 52 heavy (non-hydrogen) atoms. The van der Waals surface area contributed by atoms with Crippen LogP contribution >= 0.6 is 0 Å². The molecule has 1 atom stereocenters. The summed E-state index contributed by atoms with van der Waals surface area (Å²) in [6, 6.07) is 10.0. The molecule has 1 aromatic heterocycles. The third-order valence-corrected chi connectivity index (χ3v) is 8.80. The van der Waals surface area contributed by atoms with Crippen molar-refractivity contribution in [2.45, 2.75) is 83.5 Å². The molecule has 0 aliphatic carbocycles. The minimum absolute atomic E-state index is 0.0758. The molecule has 0 unspecified atom stereocenters. The second-order valence-corrected chi connectivity index (χ2v) is 14.0. The SMILES string of the molecule is CC(C)(C)OC(=O)NCCOCCNC(=O)CCCC1CCN(c2cc(N3CC[C@H]3C(=O)NCCc3ccc(C#N)cc3)nc(C(F)(F)F)n2)CC1. The van der Waals surface area contributed by atoms with Crippen molar-refractivity contribution < 1.29 is 37.0 Å². The van der Waals surface area contributed by atoms with Crippen LogP contribution in [0, 0.1) is 17.2 Å². The van der Waals surface area contributed by atoms with Gasteiger partial charge >= 0.3 is 12.3 Å². The molecule has 3 heterocycles. The van der Waals surface area contributed by atoms with E-state index in [1.165, 1.54) is 6.07 Å². The maximum atomic E-state index is 13.9. The van der Waals surface area contributed by atoms with Crippen molar-refractivity contribution in [2.24, 2.45) is 5.92 Å². The Kier molecular flexibility index (Phi) is 14.4. The number of piperidine rings is 1. The number of hydrogen-bond acceptors (Lipinski definition) is 10. The van der Waals surface area contributed by atoms with Gasteiger partial charge in [0, 0.05) is 51.8 Å². The Morgan fingerprint density at radius 3 is 2.21 bits per heavy atom. The molecule has 2 aliphatic rings. The van der Waals surface area contributed by atoms with Gasteiger partial charge in [0.25, 0.3) is 0 Å². The molecule has 1 aromatic carbocycles. The summed E-state index contributed by atoms with van der Waals surface area (Å²) < 4.78 is 52.3. The molecule has 284 valence electrons. The van der Waals surface area contributed by atoms with E-state index in [9.17, 15) is 27.6 Å². The quantitative estimate of drug-likeness (QED) is 0.212. The molecular formula is C36H49F3N8O5. The van der Waals surface area contributed by atoms with E-state index in [-0.39, 0.29) is 23.5 Å². The minimum atomic E-state index is -4.75. The van der Waals surface area contributed by atoms with Gasteiger partial charge in [0.1, 0.15) is 23.3 Å². The number of alkyl carbamates (subject to hydrolysis) is 1. The number of nitrogens with one attached hydrogen (secondary N) is 3. The van der Waals surface area contributed by atoms with E-state index in [1.807, 2.05) is 17.0 Å². The monoisotopic (exact) mass is 730 g/mol. The number of ether oxygens (including phenoxy) is 2. The van der Waals surface area contributed by atoms with Crippen molar-refractivity contribution in [3.63, 3.8) is 0 Å². The lowest BCUT2D eigenvalue weighted by Crippen LogP contribution is -2.57. The highest BCUT2D eigenvalue weighted by atomic mass is 19.4. The zero-order valence-corrected chi connectivity index (χ0v) is 30.1.